The van der Waals surface area contributed by atoms with Crippen LogP contribution in [-0.2, 0) is 6.18 Å². The summed E-state index contributed by atoms with van der Waals surface area (Å²) in [7, 11) is 0. The van der Waals surface area contributed by atoms with Gasteiger partial charge in [0, 0.05) is 19.6 Å². The molecule has 1 aliphatic heterocycles. The highest BCUT2D eigenvalue weighted by Gasteiger charge is 2.40. The number of carbonyl (C=O) groups is 2. The minimum atomic E-state index is -4.62. The fourth-order valence-electron chi connectivity index (χ4n) is 5.13. The molecule has 0 N–H and O–H groups in total. The molecule has 1 heterocycles. The van der Waals surface area contributed by atoms with Gasteiger partial charge in [-0.05, 0) is 63.3 Å². The number of rotatable bonds is 2. The maximum absolute atomic E-state index is 13.7. The van der Waals surface area contributed by atoms with Crippen LogP contribution in [-0.4, -0.2) is 53.4 Å². The molecule has 4 rings (SSSR count). The van der Waals surface area contributed by atoms with Crippen LogP contribution >= 0.6 is 0 Å². The van der Waals surface area contributed by atoms with Crippen molar-refractivity contribution in [3.63, 3.8) is 0 Å². The van der Waals surface area contributed by atoms with Gasteiger partial charge in [0.05, 0.1) is 22.7 Å². The Balaban J connectivity index is 1.73. The smallest absolute Gasteiger partial charge is 0.417 e. The molecule has 2 aliphatic rings. The predicted molar refractivity (Wildman–Crippen MR) is 126 cm³/mol. The van der Waals surface area contributed by atoms with E-state index in [1.54, 1.807) is 34.1 Å². The van der Waals surface area contributed by atoms with E-state index in [1.165, 1.54) is 18.2 Å². The minimum Gasteiger partial charge on any atom is -0.487 e. The highest BCUT2D eigenvalue weighted by atomic mass is 19.4. The van der Waals surface area contributed by atoms with Crippen molar-refractivity contribution >= 4 is 11.8 Å². The number of amides is 2. The maximum Gasteiger partial charge on any atom is 0.417 e. The first-order valence-corrected chi connectivity index (χ1v) is 12.3. The predicted octanol–water partition coefficient (Wildman–Crippen LogP) is 5.79. The maximum atomic E-state index is 13.7. The highest BCUT2D eigenvalue weighted by molar-refractivity contribution is 5.97. The van der Waals surface area contributed by atoms with E-state index < -0.39 is 23.8 Å². The third-order valence-electron chi connectivity index (χ3n) is 6.93. The standard InChI is InChI=1S/C27H31F3N2O3/c1-2-31-17-9-10-18-32(26(34)19-11-3-5-13-21(19)27(28,29)30)22-14-6-8-16-24(22)35-23-15-7-4-12-20(23)25(31)33/h3-5,7,11-13,15,22,24H,2,6,8-10,14,16-18H2,1H3/t22-,24+/m1/s1. The number of alkyl halides is 3. The average molecular weight is 489 g/mol. The number of hydrogen-bond donors (Lipinski definition) is 0. The molecule has 0 saturated heterocycles. The molecule has 0 unspecified atom stereocenters. The molecule has 8 heteroatoms. The molecule has 2 aromatic rings. The Morgan fingerprint density at radius 2 is 1.66 bits per heavy atom. The monoisotopic (exact) mass is 488 g/mol. The number of benzene rings is 2. The molecule has 2 amide bonds. The van der Waals surface area contributed by atoms with E-state index in [0.29, 0.717) is 56.6 Å². The van der Waals surface area contributed by atoms with Gasteiger partial charge in [0.25, 0.3) is 11.8 Å². The van der Waals surface area contributed by atoms with Gasteiger partial charge in [-0.2, -0.15) is 13.2 Å². The van der Waals surface area contributed by atoms with Crippen LogP contribution in [0.1, 0.15) is 71.7 Å². The van der Waals surface area contributed by atoms with Crippen molar-refractivity contribution in [2.75, 3.05) is 19.6 Å². The van der Waals surface area contributed by atoms with E-state index in [4.69, 9.17) is 4.74 Å². The number of hydrogen-bond acceptors (Lipinski definition) is 3. The van der Waals surface area contributed by atoms with Crippen LogP contribution in [0.3, 0.4) is 0 Å². The zero-order chi connectivity index (χ0) is 25.0. The zero-order valence-corrected chi connectivity index (χ0v) is 19.9. The quantitative estimate of drug-likeness (QED) is 0.537. The summed E-state index contributed by atoms with van der Waals surface area (Å²) in [6.07, 6.45) is -0.758. The Kier molecular flexibility index (Phi) is 7.67. The average Bonchev–Trinajstić information content (AvgIpc) is 2.85. The van der Waals surface area contributed by atoms with Gasteiger partial charge in [-0.3, -0.25) is 9.59 Å². The van der Waals surface area contributed by atoms with Crippen molar-refractivity contribution in [2.24, 2.45) is 0 Å². The lowest BCUT2D eigenvalue weighted by Gasteiger charge is -2.41. The SMILES string of the molecule is CCN1CCCCN(C(=O)c2ccccc2C(F)(F)F)[C@@H]2CCCC[C@@H]2Oc2ccccc2C1=O. The van der Waals surface area contributed by atoms with Crippen molar-refractivity contribution in [3.8, 4) is 5.75 Å². The third-order valence-corrected chi connectivity index (χ3v) is 6.93. The minimum absolute atomic E-state index is 0.0944. The van der Waals surface area contributed by atoms with E-state index in [0.717, 1.165) is 18.9 Å². The second-order valence-corrected chi connectivity index (χ2v) is 9.14. The second-order valence-electron chi connectivity index (χ2n) is 9.14. The van der Waals surface area contributed by atoms with Crippen LogP contribution in [0.5, 0.6) is 5.75 Å². The zero-order valence-electron chi connectivity index (χ0n) is 19.9. The Morgan fingerprint density at radius 1 is 0.971 bits per heavy atom. The summed E-state index contributed by atoms with van der Waals surface area (Å²) in [5.74, 6) is -0.258. The molecule has 188 valence electrons. The topological polar surface area (TPSA) is 49.9 Å². The first-order chi connectivity index (χ1) is 16.8. The first kappa shape index (κ1) is 25.1. The number of ether oxygens (including phenoxy) is 1. The van der Waals surface area contributed by atoms with Gasteiger partial charge in [0.2, 0.25) is 0 Å². The molecule has 35 heavy (non-hydrogen) atoms. The normalized spacial score (nSPS) is 21.8. The van der Waals surface area contributed by atoms with Crippen LogP contribution in [0.4, 0.5) is 13.2 Å². The number of para-hydroxylation sites is 1. The number of halogens is 3. The van der Waals surface area contributed by atoms with Crippen molar-refractivity contribution in [3.05, 3.63) is 65.2 Å². The fraction of sp³-hybridized carbons (Fsp3) is 0.481. The van der Waals surface area contributed by atoms with Gasteiger partial charge in [0.15, 0.2) is 0 Å². The van der Waals surface area contributed by atoms with Gasteiger partial charge < -0.3 is 14.5 Å². The van der Waals surface area contributed by atoms with E-state index in [9.17, 15) is 22.8 Å². The summed E-state index contributed by atoms with van der Waals surface area (Å²) in [5, 5.41) is 0. The number of fused-ring (bicyclic) bond motifs is 2. The van der Waals surface area contributed by atoms with Crippen LogP contribution in [0.15, 0.2) is 48.5 Å². The van der Waals surface area contributed by atoms with Gasteiger partial charge in [-0.15, -0.1) is 0 Å². The van der Waals surface area contributed by atoms with Crippen molar-refractivity contribution in [1.29, 1.82) is 0 Å². The molecule has 0 aromatic heterocycles. The van der Waals surface area contributed by atoms with E-state index in [1.807, 2.05) is 6.92 Å². The van der Waals surface area contributed by atoms with Crippen molar-refractivity contribution < 1.29 is 27.5 Å². The van der Waals surface area contributed by atoms with Gasteiger partial charge in [-0.1, -0.05) is 30.7 Å². The van der Waals surface area contributed by atoms with Gasteiger partial charge in [-0.25, -0.2) is 0 Å². The highest BCUT2D eigenvalue weighted by Crippen LogP contribution is 2.35. The molecule has 0 bridgehead atoms. The van der Waals surface area contributed by atoms with E-state index in [-0.39, 0.29) is 17.5 Å². The van der Waals surface area contributed by atoms with Gasteiger partial charge >= 0.3 is 6.18 Å². The van der Waals surface area contributed by atoms with Gasteiger partial charge in [0.1, 0.15) is 11.9 Å². The van der Waals surface area contributed by atoms with E-state index in [2.05, 4.69) is 0 Å². The molecule has 0 radical (unpaired) electrons. The largest absolute Gasteiger partial charge is 0.487 e. The van der Waals surface area contributed by atoms with E-state index >= 15 is 0 Å². The third kappa shape index (κ3) is 5.46. The fourth-order valence-corrected chi connectivity index (χ4v) is 5.13. The Hall–Kier alpha value is -3.03. The summed E-state index contributed by atoms with van der Waals surface area (Å²) >= 11 is 0. The summed E-state index contributed by atoms with van der Waals surface area (Å²) in [4.78, 5) is 30.2. The van der Waals surface area contributed by atoms with Crippen molar-refractivity contribution in [1.82, 2.24) is 9.80 Å². The van der Waals surface area contributed by atoms with Crippen LogP contribution in [0.2, 0.25) is 0 Å². The molecule has 1 saturated carbocycles. The molecule has 5 nitrogen and oxygen atoms in total. The Labute approximate surface area is 203 Å². The number of carbonyl (C=O) groups excluding carboxylic acids is 2. The lowest BCUT2D eigenvalue weighted by Crippen LogP contribution is -2.51. The molecule has 2 atom stereocenters. The summed E-state index contributed by atoms with van der Waals surface area (Å²) in [5.41, 5.74) is -0.779. The summed E-state index contributed by atoms with van der Waals surface area (Å²) in [6.45, 7) is 3.25. The summed E-state index contributed by atoms with van der Waals surface area (Å²) < 4.78 is 47.6. The molecule has 2 aromatic carbocycles. The lowest BCUT2D eigenvalue weighted by atomic mass is 9.90. The summed E-state index contributed by atoms with van der Waals surface area (Å²) in [6, 6.07) is 11.7. The van der Waals surface area contributed by atoms with Crippen molar-refractivity contribution in [2.45, 2.75) is 63.8 Å². The van der Waals surface area contributed by atoms with Crippen LogP contribution in [0, 0.1) is 0 Å². The molecule has 1 aliphatic carbocycles. The molecular weight excluding hydrogens is 457 g/mol. The second kappa shape index (κ2) is 10.7. The Morgan fingerprint density at radius 3 is 2.43 bits per heavy atom. The van der Waals surface area contributed by atoms with Crippen LogP contribution < -0.4 is 4.74 Å². The number of nitrogens with zero attached hydrogens (tertiary/aromatic N) is 2. The Bertz CT molecular complexity index is 1060. The first-order valence-electron chi connectivity index (χ1n) is 12.3. The molecule has 1 fully saturated rings. The lowest BCUT2D eigenvalue weighted by molar-refractivity contribution is -0.138. The molecule has 0 spiro atoms. The molecular formula is C27H31F3N2O3. The van der Waals surface area contributed by atoms with Crippen LogP contribution in [0.25, 0.3) is 0 Å².